The SMILES string of the molecule is CCCCn1c(COC(=O)c2ccc(NC(=O)c3ccco3)cc2)nc2cc(S(N)(=O)=O)ccc21. The zero-order valence-corrected chi connectivity index (χ0v) is 19.7. The molecule has 0 fully saturated rings. The van der Waals surface area contributed by atoms with E-state index in [0.29, 0.717) is 29.1 Å². The third kappa shape index (κ3) is 5.58. The Morgan fingerprint density at radius 1 is 1.14 bits per heavy atom. The van der Waals surface area contributed by atoms with Crippen LogP contribution in [0.4, 0.5) is 5.69 Å². The van der Waals surface area contributed by atoms with Crippen molar-refractivity contribution < 1.29 is 27.2 Å². The van der Waals surface area contributed by atoms with Gasteiger partial charge in [-0.3, -0.25) is 4.79 Å². The van der Waals surface area contributed by atoms with E-state index in [2.05, 4.69) is 17.2 Å². The summed E-state index contributed by atoms with van der Waals surface area (Å²) in [5.41, 5.74) is 1.98. The molecular weight excluding hydrogens is 472 g/mol. The number of carbonyl (C=O) groups excluding carboxylic acids is 2. The molecule has 0 aliphatic carbocycles. The van der Waals surface area contributed by atoms with E-state index in [1.165, 1.54) is 18.4 Å². The van der Waals surface area contributed by atoms with E-state index in [-0.39, 0.29) is 17.3 Å². The van der Waals surface area contributed by atoms with Crippen LogP contribution in [0, 0.1) is 0 Å². The molecule has 2 aromatic carbocycles. The van der Waals surface area contributed by atoms with Crippen LogP contribution in [0.5, 0.6) is 0 Å². The van der Waals surface area contributed by atoms with Gasteiger partial charge in [-0.25, -0.2) is 23.3 Å². The number of aromatic nitrogens is 2. The summed E-state index contributed by atoms with van der Waals surface area (Å²) in [6, 6.07) is 13.9. The number of hydrogen-bond donors (Lipinski definition) is 2. The number of imidazole rings is 1. The Bertz CT molecular complexity index is 1460. The van der Waals surface area contributed by atoms with Gasteiger partial charge in [0.05, 0.1) is 27.8 Å². The molecule has 0 radical (unpaired) electrons. The van der Waals surface area contributed by atoms with Crippen LogP contribution in [0.1, 0.15) is 46.5 Å². The number of nitrogens with zero attached hydrogens (tertiary/aromatic N) is 2. The van der Waals surface area contributed by atoms with Gasteiger partial charge in [0.15, 0.2) is 5.76 Å². The summed E-state index contributed by atoms with van der Waals surface area (Å²) in [5.74, 6) is -0.290. The maximum atomic E-state index is 12.6. The number of carbonyl (C=O) groups is 2. The lowest BCUT2D eigenvalue weighted by Gasteiger charge is -2.10. The minimum absolute atomic E-state index is 0.0343. The fraction of sp³-hybridized carbons (Fsp3) is 0.208. The van der Waals surface area contributed by atoms with Gasteiger partial charge in [0.1, 0.15) is 12.4 Å². The first-order chi connectivity index (χ1) is 16.8. The van der Waals surface area contributed by atoms with Gasteiger partial charge in [0.2, 0.25) is 10.0 Å². The fourth-order valence-electron chi connectivity index (χ4n) is 3.52. The summed E-state index contributed by atoms with van der Waals surface area (Å²) in [6.07, 6.45) is 3.22. The van der Waals surface area contributed by atoms with Gasteiger partial charge in [-0.1, -0.05) is 13.3 Å². The Hall–Kier alpha value is -3.96. The molecule has 2 heterocycles. The number of amides is 1. The van der Waals surface area contributed by atoms with E-state index in [4.69, 9.17) is 14.3 Å². The number of furan rings is 1. The quantitative estimate of drug-likeness (QED) is 0.336. The first-order valence-electron chi connectivity index (χ1n) is 10.9. The molecule has 0 saturated carbocycles. The average molecular weight is 497 g/mol. The molecule has 1 amide bonds. The van der Waals surface area contributed by atoms with E-state index >= 15 is 0 Å². The molecule has 2 aromatic heterocycles. The topological polar surface area (TPSA) is 147 Å². The number of primary sulfonamides is 1. The van der Waals surface area contributed by atoms with Crippen molar-refractivity contribution in [3.8, 4) is 0 Å². The molecular formula is C24H24N4O6S. The lowest BCUT2D eigenvalue weighted by molar-refractivity contribution is 0.0458. The molecule has 0 unspecified atom stereocenters. The number of fused-ring (bicyclic) bond motifs is 1. The van der Waals surface area contributed by atoms with Crippen LogP contribution in [0.3, 0.4) is 0 Å². The highest BCUT2D eigenvalue weighted by molar-refractivity contribution is 7.89. The maximum absolute atomic E-state index is 12.6. The number of anilines is 1. The Kier molecular flexibility index (Phi) is 6.99. The standard InChI is InChI=1S/C24H24N4O6S/c1-2-3-12-28-20-11-10-18(35(25,31)32)14-19(20)27-22(28)15-34-24(30)16-6-8-17(9-7-16)26-23(29)21-5-4-13-33-21/h4-11,13-14H,2-3,12,15H2,1H3,(H,26,29)(H2,25,31,32). The van der Waals surface area contributed by atoms with Crippen LogP contribution in [0.15, 0.2) is 70.2 Å². The van der Waals surface area contributed by atoms with Gasteiger partial charge in [0.25, 0.3) is 5.91 Å². The third-order valence-electron chi connectivity index (χ3n) is 5.32. The fourth-order valence-corrected chi connectivity index (χ4v) is 4.05. The van der Waals surface area contributed by atoms with Gasteiger partial charge in [-0.2, -0.15) is 0 Å². The number of aryl methyl sites for hydroxylation is 1. The number of esters is 1. The molecule has 0 saturated heterocycles. The molecule has 0 atom stereocenters. The lowest BCUT2D eigenvalue weighted by atomic mass is 10.2. The van der Waals surface area contributed by atoms with Crippen molar-refractivity contribution in [1.29, 1.82) is 0 Å². The van der Waals surface area contributed by atoms with Gasteiger partial charge < -0.3 is 19.0 Å². The first-order valence-corrected chi connectivity index (χ1v) is 12.4. The number of rotatable bonds is 9. The second kappa shape index (κ2) is 10.1. The highest BCUT2D eigenvalue weighted by atomic mass is 32.2. The number of unbranched alkanes of at least 4 members (excludes halogenated alkanes) is 1. The van der Waals surface area contributed by atoms with Gasteiger partial charge >= 0.3 is 5.97 Å². The summed E-state index contributed by atoms with van der Waals surface area (Å²) in [5, 5.41) is 7.91. The van der Waals surface area contributed by atoms with Gasteiger partial charge in [-0.15, -0.1) is 0 Å². The summed E-state index contributed by atoms with van der Waals surface area (Å²) in [6.45, 7) is 2.59. The molecule has 0 spiro atoms. The molecule has 11 heteroatoms. The molecule has 4 aromatic rings. The lowest BCUT2D eigenvalue weighted by Crippen LogP contribution is -2.12. The molecule has 35 heavy (non-hydrogen) atoms. The van der Waals surface area contributed by atoms with Crippen molar-refractivity contribution in [3.05, 3.63) is 78.0 Å². The first kappa shape index (κ1) is 24.2. The van der Waals surface area contributed by atoms with Crippen molar-refractivity contribution in [2.45, 2.75) is 37.8 Å². The van der Waals surface area contributed by atoms with Crippen molar-refractivity contribution in [3.63, 3.8) is 0 Å². The van der Waals surface area contributed by atoms with Crippen molar-refractivity contribution in [2.75, 3.05) is 5.32 Å². The summed E-state index contributed by atoms with van der Waals surface area (Å²) >= 11 is 0. The average Bonchev–Trinajstić information content (AvgIpc) is 3.49. The molecule has 10 nitrogen and oxygen atoms in total. The molecule has 0 aliphatic rings. The molecule has 4 rings (SSSR count). The monoisotopic (exact) mass is 496 g/mol. The van der Waals surface area contributed by atoms with Crippen LogP contribution in [-0.4, -0.2) is 29.8 Å². The van der Waals surface area contributed by atoms with E-state index in [0.717, 1.165) is 18.4 Å². The van der Waals surface area contributed by atoms with Crippen molar-refractivity contribution >= 4 is 38.6 Å². The predicted molar refractivity (Wildman–Crippen MR) is 128 cm³/mol. The van der Waals surface area contributed by atoms with Gasteiger partial charge in [-0.05, 0) is 61.0 Å². The van der Waals surface area contributed by atoms with E-state index in [1.54, 1.807) is 42.5 Å². The van der Waals surface area contributed by atoms with Gasteiger partial charge in [0, 0.05) is 12.2 Å². The Morgan fingerprint density at radius 3 is 2.57 bits per heavy atom. The zero-order valence-electron chi connectivity index (χ0n) is 18.9. The Balaban J connectivity index is 1.47. The van der Waals surface area contributed by atoms with Crippen molar-refractivity contribution in [2.24, 2.45) is 5.14 Å². The number of nitrogens with one attached hydrogen (secondary N) is 1. The number of benzene rings is 2. The number of sulfonamides is 1. The highest BCUT2D eigenvalue weighted by Gasteiger charge is 2.17. The third-order valence-corrected chi connectivity index (χ3v) is 6.23. The molecule has 182 valence electrons. The second-order valence-corrected chi connectivity index (χ2v) is 9.38. The summed E-state index contributed by atoms with van der Waals surface area (Å²) in [4.78, 5) is 29.1. The maximum Gasteiger partial charge on any atom is 0.338 e. The Labute approximate surface area is 201 Å². The zero-order chi connectivity index (χ0) is 25.0. The molecule has 0 bridgehead atoms. The van der Waals surface area contributed by atoms with E-state index in [1.807, 2.05) is 4.57 Å². The van der Waals surface area contributed by atoms with Crippen LogP contribution < -0.4 is 10.5 Å². The van der Waals surface area contributed by atoms with Crippen LogP contribution in [0.25, 0.3) is 11.0 Å². The van der Waals surface area contributed by atoms with Crippen LogP contribution in [-0.2, 0) is 27.9 Å². The van der Waals surface area contributed by atoms with Crippen LogP contribution in [0.2, 0.25) is 0 Å². The van der Waals surface area contributed by atoms with Crippen molar-refractivity contribution in [1.82, 2.24) is 9.55 Å². The number of hydrogen-bond acceptors (Lipinski definition) is 7. The Morgan fingerprint density at radius 2 is 1.91 bits per heavy atom. The second-order valence-electron chi connectivity index (χ2n) is 7.81. The number of ether oxygens (including phenoxy) is 1. The molecule has 3 N–H and O–H groups in total. The summed E-state index contributed by atoms with van der Waals surface area (Å²) < 4.78 is 35.8. The minimum Gasteiger partial charge on any atom is -0.459 e. The minimum atomic E-state index is -3.87. The number of nitrogens with two attached hydrogens (primary N) is 1. The molecule has 0 aliphatic heterocycles. The van der Waals surface area contributed by atoms with E-state index in [9.17, 15) is 18.0 Å². The smallest absolute Gasteiger partial charge is 0.338 e. The largest absolute Gasteiger partial charge is 0.459 e. The highest BCUT2D eigenvalue weighted by Crippen LogP contribution is 2.22. The van der Waals surface area contributed by atoms with E-state index < -0.39 is 21.9 Å². The van der Waals surface area contributed by atoms with Crippen LogP contribution >= 0.6 is 0 Å². The normalized spacial score (nSPS) is 11.5. The predicted octanol–water partition coefficient (Wildman–Crippen LogP) is 3.69. The summed E-state index contributed by atoms with van der Waals surface area (Å²) in [7, 11) is -3.87.